The minimum Gasteiger partial charge on any atom is -0.354 e. The van der Waals surface area contributed by atoms with Gasteiger partial charge in [0.15, 0.2) is 11.4 Å². The number of aromatic nitrogens is 1. The lowest BCUT2D eigenvalue weighted by Gasteiger charge is -2.09. The van der Waals surface area contributed by atoms with Crippen molar-refractivity contribution in [2.24, 2.45) is 0 Å². The Morgan fingerprint density at radius 1 is 1.27 bits per heavy atom. The Labute approximate surface area is 140 Å². The van der Waals surface area contributed by atoms with Crippen LogP contribution in [0, 0.1) is 6.92 Å². The quantitative estimate of drug-likeness (QED) is 0.708. The number of benzene rings is 2. The van der Waals surface area contributed by atoms with Crippen LogP contribution in [-0.4, -0.2) is 13.6 Å². The Bertz CT molecular complexity index is 969. The maximum atomic E-state index is 12.6. The summed E-state index contributed by atoms with van der Waals surface area (Å²) in [6, 6.07) is 10.0. The van der Waals surface area contributed by atoms with Gasteiger partial charge in [0.2, 0.25) is 0 Å². The van der Waals surface area contributed by atoms with Gasteiger partial charge in [0, 0.05) is 4.47 Å². The number of fused-ring (bicyclic) bond motifs is 1. The molecule has 0 radical (unpaired) electrons. The summed E-state index contributed by atoms with van der Waals surface area (Å²) in [4.78, 5) is 0.157. The van der Waals surface area contributed by atoms with Crippen molar-refractivity contribution >= 4 is 54.3 Å². The van der Waals surface area contributed by atoms with Gasteiger partial charge >= 0.3 is 0 Å². The molecule has 0 atom stereocenters. The topological polar surface area (TPSA) is 72.2 Å². The van der Waals surface area contributed by atoms with Gasteiger partial charge in [-0.1, -0.05) is 44.8 Å². The highest BCUT2D eigenvalue weighted by atomic mass is 79.9. The fourth-order valence-electron chi connectivity index (χ4n) is 2.07. The third-order valence-corrected chi connectivity index (χ3v) is 5.41. The number of hydrogen-bond acceptors (Lipinski definition) is 4. The summed E-state index contributed by atoms with van der Waals surface area (Å²) in [5, 5.41) is 4.55. The average molecular weight is 402 g/mol. The molecule has 0 saturated heterocycles. The van der Waals surface area contributed by atoms with E-state index in [0.717, 1.165) is 0 Å². The van der Waals surface area contributed by atoms with Gasteiger partial charge in [-0.25, -0.2) is 8.42 Å². The van der Waals surface area contributed by atoms with Gasteiger partial charge in [0.25, 0.3) is 10.0 Å². The van der Waals surface area contributed by atoms with Crippen LogP contribution in [0.5, 0.6) is 0 Å². The molecule has 2 aromatic carbocycles. The number of anilines is 1. The fourth-order valence-corrected chi connectivity index (χ4v) is 4.11. The van der Waals surface area contributed by atoms with E-state index in [1.54, 1.807) is 37.3 Å². The molecule has 1 N–H and O–H groups in total. The molecule has 0 fully saturated rings. The molecule has 22 heavy (non-hydrogen) atoms. The van der Waals surface area contributed by atoms with Crippen LogP contribution in [0.15, 0.2) is 50.3 Å². The molecule has 0 aliphatic rings. The molecule has 0 bridgehead atoms. The van der Waals surface area contributed by atoms with E-state index in [4.69, 9.17) is 16.1 Å². The van der Waals surface area contributed by atoms with Gasteiger partial charge in [-0.05, 0) is 36.8 Å². The first-order valence-electron chi connectivity index (χ1n) is 6.21. The molecule has 0 aliphatic carbocycles. The maximum Gasteiger partial charge on any atom is 0.263 e. The van der Waals surface area contributed by atoms with Crippen molar-refractivity contribution in [3.63, 3.8) is 0 Å². The minimum atomic E-state index is -3.81. The Kier molecular flexibility index (Phi) is 3.88. The number of aryl methyl sites for hydroxylation is 1. The molecule has 3 aromatic rings. The van der Waals surface area contributed by atoms with Crippen molar-refractivity contribution in [1.29, 1.82) is 0 Å². The monoisotopic (exact) mass is 400 g/mol. The summed E-state index contributed by atoms with van der Waals surface area (Å²) in [6.45, 7) is 1.72. The second kappa shape index (κ2) is 5.57. The van der Waals surface area contributed by atoms with Crippen LogP contribution in [-0.2, 0) is 10.0 Å². The lowest BCUT2D eigenvalue weighted by Crippen LogP contribution is -2.14. The first-order valence-corrected chi connectivity index (χ1v) is 8.87. The number of nitrogens with zero attached hydrogens (tertiary/aromatic N) is 1. The second-order valence-electron chi connectivity index (χ2n) is 4.66. The van der Waals surface area contributed by atoms with Gasteiger partial charge in [0.05, 0.1) is 15.3 Å². The average Bonchev–Trinajstić information content (AvgIpc) is 2.85. The van der Waals surface area contributed by atoms with E-state index in [9.17, 15) is 8.42 Å². The van der Waals surface area contributed by atoms with Crippen molar-refractivity contribution in [1.82, 2.24) is 5.16 Å². The van der Waals surface area contributed by atoms with Gasteiger partial charge in [0.1, 0.15) is 0 Å². The van der Waals surface area contributed by atoms with Crippen molar-refractivity contribution in [3.05, 3.63) is 51.5 Å². The van der Waals surface area contributed by atoms with E-state index in [2.05, 4.69) is 25.8 Å². The van der Waals surface area contributed by atoms with E-state index < -0.39 is 10.0 Å². The predicted molar refractivity (Wildman–Crippen MR) is 88.7 cm³/mol. The van der Waals surface area contributed by atoms with E-state index in [-0.39, 0.29) is 10.7 Å². The molecule has 3 rings (SSSR count). The SMILES string of the molecule is Cc1ccc(Br)cc1S(=O)(=O)Nc1noc2cccc(Cl)c12. The third kappa shape index (κ3) is 2.71. The Morgan fingerprint density at radius 2 is 2.05 bits per heavy atom. The summed E-state index contributed by atoms with van der Waals surface area (Å²) in [5.74, 6) is 0.0694. The summed E-state index contributed by atoms with van der Waals surface area (Å²) in [7, 11) is -3.81. The second-order valence-corrected chi connectivity index (χ2v) is 7.63. The predicted octanol–water partition coefficient (Wildman–Crippen LogP) is 4.35. The van der Waals surface area contributed by atoms with E-state index >= 15 is 0 Å². The molecule has 5 nitrogen and oxygen atoms in total. The number of hydrogen-bond donors (Lipinski definition) is 1. The molecule has 0 spiro atoms. The highest BCUT2D eigenvalue weighted by Gasteiger charge is 2.21. The largest absolute Gasteiger partial charge is 0.354 e. The lowest BCUT2D eigenvalue weighted by molar-refractivity contribution is 0.460. The van der Waals surface area contributed by atoms with E-state index in [0.29, 0.717) is 26.0 Å². The first-order chi connectivity index (χ1) is 10.4. The highest BCUT2D eigenvalue weighted by molar-refractivity contribution is 9.10. The molecular weight excluding hydrogens is 392 g/mol. The molecule has 1 heterocycles. The first kappa shape index (κ1) is 15.3. The fraction of sp³-hybridized carbons (Fsp3) is 0.0714. The van der Waals surface area contributed by atoms with Crippen molar-refractivity contribution in [2.75, 3.05) is 4.72 Å². The number of rotatable bonds is 3. The van der Waals surface area contributed by atoms with E-state index in [1.807, 2.05) is 0 Å². The van der Waals surface area contributed by atoms with Crippen molar-refractivity contribution in [2.45, 2.75) is 11.8 Å². The number of sulfonamides is 1. The summed E-state index contributed by atoms with van der Waals surface area (Å²) in [6.07, 6.45) is 0. The molecule has 8 heteroatoms. The molecule has 0 aliphatic heterocycles. The zero-order valence-electron chi connectivity index (χ0n) is 11.3. The summed E-state index contributed by atoms with van der Waals surface area (Å²) in [5.41, 5.74) is 1.03. The zero-order valence-corrected chi connectivity index (χ0v) is 14.5. The molecule has 0 unspecified atom stereocenters. The van der Waals surface area contributed by atoms with Gasteiger partial charge in [-0.15, -0.1) is 0 Å². The van der Waals surface area contributed by atoms with Crippen LogP contribution in [0.4, 0.5) is 5.82 Å². The zero-order chi connectivity index (χ0) is 15.9. The smallest absolute Gasteiger partial charge is 0.263 e. The normalized spacial score (nSPS) is 11.8. The molecule has 1 aromatic heterocycles. The van der Waals surface area contributed by atoms with Crippen LogP contribution < -0.4 is 4.72 Å². The summed E-state index contributed by atoms with van der Waals surface area (Å²) >= 11 is 9.36. The van der Waals surface area contributed by atoms with Crippen LogP contribution in [0.2, 0.25) is 5.02 Å². The van der Waals surface area contributed by atoms with Crippen LogP contribution in [0.3, 0.4) is 0 Å². The molecule has 0 amide bonds. The van der Waals surface area contributed by atoms with Crippen LogP contribution in [0.1, 0.15) is 5.56 Å². The maximum absolute atomic E-state index is 12.6. The van der Waals surface area contributed by atoms with Gasteiger partial charge in [-0.2, -0.15) is 0 Å². The standard InChI is InChI=1S/C14H10BrClN2O3S/c1-8-5-6-9(15)7-12(8)22(19,20)18-14-13-10(16)3-2-4-11(13)21-17-14/h2-7H,1H3,(H,17,18). The van der Waals surface area contributed by atoms with Crippen molar-refractivity contribution in [3.8, 4) is 0 Å². The van der Waals surface area contributed by atoms with Gasteiger partial charge < -0.3 is 4.52 Å². The van der Waals surface area contributed by atoms with Crippen LogP contribution >= 0.6 is 27.5 Å². The molecule has 114 valence electrons. The Balaban J connectivity index is 2.09. The number of nitrogens with one attached hydrogen (secondary N) is 1. The Hall–Kier alpha value is -1.57. The van der Waals surface area contributed by atoms with Gasteiger partial charge in [-0.3, -0.25) is 4.72 Å². The number of halogens is 2. The lowest BCUT2D eigenvalue weighted by atomic mass is 10.2. The molecular formula is C14H10BrClN2O3S. The molecule has 0 saturated carbocycles. The van der Waals surface area contributed by atoms with Crippen molar-refractivity contribution < 1.29 is 12.9 Å². The van der Waals surface area contributed by atoms with Crippen LogP contribution in [0.25, 0.3) is 11.0 Å². The minimum absolute atomic E-state index is 0.0694. The third-order valence-electron chi connectivity index (χ3n) is 3.12. The highest BCUT2D eigenvalue weighted by Crippen LogP contribution is 2.32. The summed E-state index contributed by atoms with van der Waals surface area (Å²) < 4.78 is 33.3. The Morgan fingerprint density at radius 3 is 2.82 bits per heavy atom. The van der Waals surface area contributed by atoms with E-state index in [1.165, 1.54) is 6.07 Å².